The maximum Gasteiger partial charge on any atom is 0.0244 e. The van der Waals surface area contributed by atoms with E-state index in [-0.39, 0.29) is 0 Å². The minimum Gasteiger partial charge on any atom is -0.317 e. The molecule has 3 heterocycles. The largest absolute Gasteiger partial charge is 0.317 e. The molecule has 3 nitrogen and oxygen atoms in total. The van der Waals surface area contributed by atoms with Crippen LogP contribution in [0.15, 0.2) is 0 Å². The van der Waals surface area contributed by atoms with Crippen LogP contribution < -0.4 is 5.32 Å². The second-order valence-electron chi connectivity index (χ2n) is 7.51. The molecule has 18 heavy (non-hydrogen) atoms. The summed E-state index contributed by atoms with van der Waals surface area (Å²) < 4.78 is 0. The van der Waals surface area contributed by atoms with Gasteiger partial charge in [0.2, 0.25) is 0 Å². The highest BCUT2D eigenvalue weighted by Crippen LogP contribution is 2.36. The molecule has 3 heteroatoms. The first kappa shape index (κ1) is 12.9. The molecule has 3 saturated heterocycles. The van der Waals surface area contributed by atoms with Crippen LogP contribution in [0.5, 0.6) is 0 Å². The van der Waals surface area contributed by atoms with Gasteiger partial charge in [0.1, 0.15) is 0 Å². The van der Waals surface area contributed by atoms with E-state index < -0.39 is 0 Å². The molecule has 0 unspecified atom stereocenters. The fourth-order valence-corrected chi connectivity index (χ4v) is 4.19. The Hall–Kier alpha value is -0.120. The Morgan fingerprint density at radius 1 is 1.06 bits per heavy atom. The molecule has 0 aliphatic carbocycles. The molecule has 3 fully saturated rings. The van der Waals surface area contributed by atoms with Crippen LogP contribution >= 0.6 is 0 Å². The lowest BCUT2D eigenvalue weighted by Gasteiger charge is -2.43. The quantitative estimate of drug-likeness (QED) is 0.803. The molecule has 2 bridgehead atoms. The zero-order valence-electron chi connectivity index (χ0n) is 12.3. The molecule has 0 aromatic heterocycles. The summed E-state index contributed by atoms with van der Waals surface area (Å²) in [6.45, 7) is 13.6. The van der Waals surface area contributed by atoms with Crippen LogP contribution in [0, 0.1) is 5.92 Å². The average Bonchev–Trinajstić information content (AvgIpc) is 2.89. The Balaban J connectivity index is 1.54. The number of nitrogens with zero attached hydrogens (tertiary/aromatic N) is 2. The Morgan fingerprint density at radius 2 is 1.78 bits per heavy atom. The molecule has 2 atom stereocenters. The summed E-state index contributed by atoms with van der Waals surface area (Å²) in [6.07, 6.45) is 4.19. The van der Waals surface area contributed by atoms with Crippen molar-refractivity contribution in [1.29, 1.82) is 0 Å². The zero-order valence-corrected chi connectivity index (χ0v) is 12.3. The third-order valence-electron chi connectivity index (χ3n) is 5.17. The van der Waals surface area contributed by atoms with E-state index in [1.54, 1.807) is 0 Å². The molecule has 0 saturated carbocycles. The summed E-state index contributed by atoms with van der Waals surface area (Å²) >= 11 is 0. The maximum absolute atomic E-state index is 3.47. The Morgan fingerprint density at radius 3 is 2.33 bits per heavy atom. The zero-order chi connectivity index (χ0) is 12.8. The molecule has 0 radical (unpaired) electrons. The number of nitrogens with one attached hydrogen (secondary N) is 1. The molecule has 104 valence electrons. The van der Waals surface area contributed by atoms with Gasteiger partial charge in [0.05, 0.1) is 0 Å². The second kappa shape index (κ2) is 4.77. The number of fused-ring (bicyclic) bond motifs is 2. The van der Waals surface area contributed by atoms with Crippen molar-refractivity contribution < 1.29 is 0 Å². The molecule has 3 aliphatic rings. The highest BCUT2D eigenvalue weighted by atomic mass is 15.4. The van der Waals surface area contributed by atoms with Gasteiger partial charge in [0, 0.05) is 37.3 Å². The smallest absolute Gasteiger partial charge is 0.0244 e. The van der Waals surface area contributed by atoms with Crippen LogP contribution in [0.1, 0.15) is 40.0 Å². The molecule has 3 rings (SSSR count). The van der Waals surface area contributed by atoms with Gasteiger partial charge in [-0.3, -0.25) is 9.80 Å². The van der Waals surface area contributed by atoms with Crippen molar-refractivity contribution in [3.05, 3.63) is 0 Å². The standard InChI is InChI=1S/C15H29N3/c1-15(2,3)18-11-13-8-14(18)10-17(13)9-12-4-6-16-7-5-12/h12-14,16H,4-11H2,1-3H3/t13-,14-/m0/s1. The SMILES string of the molecule is CC(C)(C)N1C[C@@H]2C[C@H]1CN2CC1CCNCC1. The highest BCUT2D eigenvalue weighted by molar-refractivity contribution is 5.03. The van der Waals surface area contributed by atoms with Gasteiger partial charge in [-0.25, -0.2) is 0 Å². The van der Waals surface area contributed by atoms with Gasteiger partial charge in [-0.15, -0.1) is 0 Å². The third-order valence-corrected chi connectivity index (χ3v) is 5.17. The van der Waals surface area contributed by atoms with Crippen molar-refractivity contribution in [2.45, 2.75) is 57.7 Å². The monoisotopic (exact) mass is 251 g/mol. The summed E-state index contributed by atoms with van der Waals surface area (Å²) in [7, 11) is 0. The van der Waals surface area contributed by atoms with Gasteiger partial charge in [-0.2, -0.15) is 0 Å². The molecule has 0 aromatic rings. The van der Waals surface area contributed by atoms with Crippen molar-refractivity contribution in [3.8, 4) is 0 Å². The van der Waals surface area contributed by atoms with E-state index in [4.69, 9.17) is 0 Å². The first-order valence-electron chi connectivity index (χ1n) is 7.75. The predicted molar refractivity (Wildman–Crippen MR) is 75.8 cm³/mol. The van der Waals surface area contributed by atoms with Crippen LogP contribution in [0.3, 0.4) is 0 Å². The van der Waals surface area contributed by atoms with Gasteiger partial charge in [0.15, 0.2) is 0 Å². The third kappa shape index (κ3) is 2.45. The molecule has 0 amide bonds. The first-order chi connectivity index (χ1) is 8.54. The van der Waals surface area contributed by atoms with Crippen LogP contribution in [0.4, 0.5) is 0 Å². The Kier molecular flexibility index (Phi) is 3.41. The normalized spacial score (nSPS) is 35.5. The van der Waals surface area contributed by atoms with Crippen LogP contribution in [-0.2, 0) is 0 Å². The summed E-state index contributed by atoms with van der Waals surface area (Å²) in [5.74, 6) is 0.952. The molecule has 1 N–H and O–H groups in total. The number of hydrogen-bond donors (Lipinski definition) is 1. The number of piperazine rings is 1. The maximum atomic E-state index is 3.47. The minimum absolute atomic E-state index is 0.361. The first-order valence-corrected chi connectivity index (χ1v) is 7.75. The van der Waals surface area contributed by atoms with Crippen molar-refractivity contribution in [3.63, 3.8) is 0 Å². The average molecular weight is 251 g/mol. The summed E-state index contributed by atoms with van der Waals surface area (Å²) in [6, 6.07) is 1.68. The van der Waals surface area contributed by atoms with Gasteiger partial charge >= 0.3 is 0 Å². The molecule has 0 spiro atoms. The summed E-state index contributed by atoms with van der Waals surface area (Å²) in [5, 5.41) is 3.47. The van der Waals surface area contributed by atoms with Crippen LogP contribution in [0.2, 0.25) is 0 Å². The number of likely N-dealkylation sites (tertiary alicyclic amines) is 2. The fourth-order valence-electron chi connectivity index (χ4n) is 4.19. The van der Waals surface area contributed by atoms with Crippen molar-refractivity contribution in [2.24, 2.45) is 5.92 Å². The second-order valence-corrected chi connectivity index (χ2v) is 7.51. The van der Waals surface area contributed by atoms with E-state index in [1.807, 2.05) is 0 Å². The molecule has 0 aromatic carbocycles. The van der Waals surface area contributed by atoms with Crippen LogP contribution in [0.25, 0.3) is 0 Å². The fraction of sp³-hybridized carbons (Fsp3) is 1.00. The number of hydrogen-bond acceptors (Lipinski definition) is 3. The van der Waals surface area contributed by atoms with Crippen molar-refractivity contribution in [1.82, 2.24) is 15.1 Å². The number of rotatable bonds is 2. The Labute approximate surface area is 112 Å². The van der Waals surface area contributed by atoms with Crippen molar-refractivity contribution in [2.75, 3.05) is 32.7 Å². The van der Waals surface area contributed by atoms with E-state index in [1.165, 1.54) is 52.0 Å². The van der Waals surface area contributed by atoms with Gasteiger partial charge in [0.25, 0.3) is 0 Å². The number of piperidine rings is 1. The minimum atomic E-state index is 0.361. The van der Waals surface area contributed by atoms with E-state index >= 15 is 0 Å². The summed E-state index contributed by atoms with van der Waals surface area (Å²) in [5.41, 5.74) is 0.361. The Bertz CT molecular complexity index is 291. The molecular formula is C15H29N3. The topological polar surface area (TPSA) is 18.5 Å². The van der Waals surface area contributed by atoms with E-state index in [0.717, 1.165) is 18.0 Å². The molecular weight excluding hydrogens is 222 g/mol. The highest BCUT2D eigenvalue weighted by Gasteiger charge is 2.46. The van der Waals surface area contributed by atoms with Gasteiger partial charge in [-0.1, -0.05) is 0 Å². The van der Waals surface area contributed by atoms with E-state index in [0.29, 0.717) is 5.54 Å². The lowest BCUT2D eigenvalue weighted by Crippen LogP contribution is -2.54. The summed E-state index contributed by atoms with van der Waals surface area (Å²) in [4.78, 5) is 5.53. The van der Waals surface area contributed by atoms with Crippen molar-refractivity contribution >= 4 is 0 Å². The lowest BCUT2D eigenvalue weighted by atomic mass is 9.97. The predicted octanol–water partition coefficient (Wildman–Crippen LogP) is 1.54. The van der Waals surface area contributed by atoms with Crippen LogP contribution in [-0.4, -0.2) is 60.1 Å². The molecule has 3 aliphatic heterocycles. The van der Waals surface area contributed by atoms with E-state index in [9.17, 15) is 0 Å². The lowest BCUT2D eigenvalue weighted by molar-refractivity contribution is 0.0488. The van der Waals surface area contributed by atoms with Gasteiger partial charge < -0.3 is 5.32 Å². The van der Waals surface area contributed by atoms with E-state index in [2.05, 4.69) is 35.9 Å². The van der Waals surface area contributed by atoms with Gasteiger partial charge in [-0.05, 0) is 59.0 Å².